The van der Waals surface area contributed by atoms with Crippen LogP contribution in [-0.2, 0) is 15.1 Å². The van der Waals surface area contributed by atoms with Gasteiger partial charge in [-0.05, 0) is 12.0 Å². The Balaban J connectivity index is 2.85. The maximum Gasteiger partial charge on any atom is 0.256 e. The van der Waals surface area contributed by atoms with E-state index in [1.165, 1.54) is 0 Å². The predicted molar refractivity (Wildman–Crippen MR) is 60.6 cm³/mol. The number of aliphatic hydroxyl groups is 1. The molecule has 4 nitrogen and oxygen atoms in total. The molecule has 0 saturated heterocycles. The van der Waals surface area contributed by atoms with Crippen LogP contribution in [0, 0.1) is 0 Å². The molecule has 0 spiro atoms. The van der Waals surface area contributed by atoms with E-state index in [1.54, 1.807) is 30.3 Å². The first kappa shape index (κ1) is 12.7. The maximum absolute atomic E-state index is 11.3. The second-order valence-corrected chi connectivity index (χ2v) is 3.64. The van der Waals surface area contributed by atoms with Crippen LogP contribution in [0.4, 0.5) is 0 Å². The minimum atomic E-state index is -1.74. The van der Waals surface area contributed by atoms with Crippen molar-refractivity contribution in [1.29, 1.82) is 0 Å². The van der Waals surface area contributed by atoms with Gasteiger partial charge >= 0.3 is 0 Å². The third kappa shape index (κ3) is 2.81. The van der Waals surface area contributed by atoms with Gasteiger partial charge in [0.15, 0.2) is 5.60 Å². The van der Waals surface area contributed by atoms with Gasteiger partial charge in [-0.15, -0.1) is 0 Å². The van der Waals surface area contributed by atoms with Crippen molar-refractivity contribution in [2.45, 2.75) is 18.9 Å². The highest BCUT2D eigenvalue weighted by atomic mass is 16.5. The number of carbonyl (C=O) groups is 1. The van der Waals surface area contributed by atoms with Crippen molar-refractivity contribution >= 4 is 5.91 Å². The van der Waals surface area contributed by atoms with Gasteiger partial charge in [0.1, 0.15) is 0 Å². The number of ether oxygens (including phenoxy) is 1. The van der Waals surface area contributed by atoms with E-state index in [9.17, 15) is 9.90 Å². The minimum Gasteiger partial charge on any atom is -0.378 e. The molecule has 0 heterocycles. The third-order valence-electron chi connectivity index (χ3n) is 2.32. The van der Waals surface area contributed by atoms with E-state index in [0.717, 1.165) is 6.42 Å². The van der Waals surface area contributed by atoms with Crippen molar-refractivity contribution in [3.8, 4) is 0 Å². The molecule has 0 aliphatic heterocycles. The topological polar surface area (TPSA) is 72.6 Å². The molecule has 0 fully saturated rings. The lowest BCUT2D eigenvalue weighted by atomic mass is 9.94. The summed E-state index contributed by atoms with van der Waals surface area (Å²) in [5, 5.41) is 10.2. The third-order valence-corrected chi connectivity index (χ3v) is 2.32. The Bertz CT molecular complexity index is 339. The number of amides is 1. The highest BCUT2D eigenvalue weighted by Crippen LogP contribution is 2.21. The summed E-state index contributed by atoms with van der Waals surface area (Å²) in [5.41, 5.74) is 3.93. The molecule has 1 rings (SSSR count). The number of benzene rings is 1. The molecular weight excluding hydrogens is 206 g/mol. The van der Waals surface area contributed by atoms with Crippen LogP contribution in [0.15, 0.2) is 30.3 Å². The summed E-state index contributed by atoms with van der Waals surface area (Å²) in [6.45, 7) is 2.33. The predicted octanol–water partition coefficient (Wildman–Crippen LogP) is 0.786. The zero-order chi connectivity index (χ0) is 12.0. The van der Waals surface area contributed by atoms with Gasteiger partial charge in [0.05, 0.1) is 6.61 Å². The van der Waals surface area contributed by atoms with Crippen LogP contribution in [0.2, 0.25) is 0 Å². The van der Waals surface area contributed by atoms with Crippen LogP contribution >= 0.6 is 0 Å². The standard InChI is InChI=1S/C12H17NO3/c1-2-8-16-9-12(15,11(13)14)10-6-4-3-5-7-10/h3-7,15H,2,8-9H2,1H3,(H2,13,14). The Morgan fingerprint density at radius 3 is 2.56 bits per heavy atom. The lowest BCUT2D eigenvalue weighted by Crippen LogP contribution is -2.45. The maximum atomic E-state index is 11.3. The zero-order valence-corrected chi connectivity index (χ0v) is 9.35. The quantitative estimate of drug-likeness (QED) is 0.700. The molecule has 1 aromatic rings. The molecule has 1 atom stereocenters. The van der Waals surface area contributed by atoms with Gasteiger partial charge in [-0.1, -0.05) is 37.3 Å². The van der Waals surface area contributed by atoms with Crippen molar-refractivity contribution in [2.75, 3.05) is 13.2 Å². The van der Waals surface area contributed by atoms with Gasteiger partial charge in [-0.2, -0.15) is 0 Å². The van der Waals surface area contributed by atoms with Gasteiger partial charge in [0.25, 0.3) is 5.91 Å². The van der Waals surface area contributed by atoms with Crippen LogP contribution in [-0.4, -0.2) is 24.2 Å². The fraction of sp³-hybridized carbons (Fsp3) is 0.417. The number of nitrogens with two attached hydrogens (primary N) is 1. The van der Waals surface area contributed by atoms with Crippen molar-refractivity contribution in [3.05, 3.63) is 35.9 Å². The molecule has 0 saturated carbocycles. The van der Waals surface area contributed by atoms with Crippen molar-refractivity contribution < 1.29 is 14.6 Å². The second-order valence-electron chi connectivity index (χ2n) is 3.64. The van der Waals surface area contributed by atoms with Gasteiger partial charge in [-0.25, -0.2) is 0 Å². The van der Waals surface area contributed by atoms with Crippen molar-refractivity contribution in [1.82, 2.24) is 0 Å². The SMILES string of the molecule is CCCOCC(O)(C(N)=O)c1ccccc1. The molecule has 4 heteroatoms. The smallest absolute Gasteiger partial charge is 0.256 e. The molecule has 16 heavy (non-hydrogen) atoms. The molecule has 0 aliphatic rings. The first-order chi connectivity index (χ1) is 7.61. The Morgan fingerprint density at radius 2 is 2.06 bits per heavy atom. The number of primary amides is 1. The van der Waals surface area contributed by atoms with Gasteiger partial charge in [0, 0.05) is 6.61 Å². The number of hydrogen-bond acceptors (Lipinski definition) is 3. The Hall–Kier alpha value is -1.39. The first-order valence-electron chi connectivity index (χ1n) is 5.27. The van der Waals surface area contributed by atoms with Crippen molar-refractivity contribution in [3.63, 3.8) is 0 Å². The molecule has 0 aromatic heterocycles. The average molecular weight is 223 g/mol. The first-order valence-corrected chi connectivity index (χ1v) is 5.27. The second kappa shape index (κ2) is 5.63. The average Bonchev–Trinajstić information content (AvgIpc) is 2.30. The largest absolute Gasteiger partial charge is 0.378 e. The Morgan fingerprint density at radius 1 is 1.44 bits per heavy atom. The fourth-order valence-electron chi connectivity index (χ4n) is 1.37. The Labute approximate surface area is 95.0 Å². The van der Waals surface area contributed by atoms with Gasteiger partial charge < -0.3 is 15.6 Å². The zero-order valence-electron chi connectivity index (χ0n) is 9.35. The summed E-state index contributed by atoms with van der Waals surface area (Å²) >= 11 is 0. The normalized spacial score (nSPS) is 14.4. The van der Waals surface area contributed by atoms with Gasteiger partial charge in [0.2, 0.25) is 0 Å². The van der Waals surface area contributed by atoms with Gasteiger partial charge in [-0.3, -0.25) is 4.79 Å². The van der Waals surface area contributed by atoms with E-state index in [4.69, 9.17) is 10.5 Å². The number of rotatable bonds is 6. The Kier molecular flexibility index (Phi) is 4.46. The molecule has 1 aromatic carbocycles. The summed E-state index contributed by atoms with van der Waals surface area (Å²) in [6, 6.07) is 8.59. The molecule has 0 bridgehead atoms. The highest BCUT2D eigenvalue weighted by Gasteiger charge is 2.36. The molecule has 3 N–H and O–H groups in total. The molecule has 1 unspecified atom stereocenters. The van der Waals surface area contributed by atoms with E-state index >= 15 is 0 Å². The molecular formula is C12H17NO3. The van der Waals surface area contributed by atoms with E-state index in [1.807, 2.05) is 6.92 Å². The summed E-state index contributed by atoms with van der Waals surface area (Å²) < 4.78 is 5.21. The highest BCUT2D eigenvalue weighted by molar-refractivity contribution is 5.84. The lowest BCUT2D eigenvalue weighted by molar-refractivity contribution is -0.144. The lowest BCUT2D eigenvalue weighted by Gasteiger charge is -2.24. The molecule has 0 radical (unpaired) electrons. The molecule has 1 amide bonds. The van der Waals surface area contributed by atoms with E-state index in [-0.39, 0.29) is 6.61 Å². The van der Waals surface area contributed by atoms with Crippen LogP contribution in [0.3, 0.4) is 0 Å². The summed E-state index contributed by atoms with van der Waals surface area (Å²) in [4.78, 5) is 11.3. The number of hydrogen-bond donors (Lipinski definition) is 2. The van der Waals surface area contributed by atoms with Crippen LogP contribution < -0.4 is 5.73 Å². The number of carbonyl (C=O) groups excluding carboxylic acids is 1. The summed E-state index contributed by atoms with van der Waals surface area (Å²) in [7, 11) is 0. The molecule has 0 aliphatic carbocycles. The summed E-state index contributed by atoms with van der Waals surface area (Å²) in [5.74, 6) is -0.796. The molecule has 88 valence electrons. The summed E-state index contributed by atoms with van der Waals surface area (Å²) in [6.07, 6.45) is 0.823. The fourth-order valence-corrected chi connectivity index (χ4v) is 1.37. The van der Waals surface area contributed by atoms with Crippen molar-refractivity contribution in [2.24, 2.45) is 5.73 Å². The van der Waals surface area contributed by atoms with E-state index in [2.05, 4.69) is 0 Å². The van der Waals surface area contributed by atoms with Crippen LogP contribution in [0.25, 0.3) is 0 Å². The van der Waals surface area contributed by atoms with E-state index in [0.29, 0.717) is 12.2 Å². The minimum absolute atomic E-state index is 0.111. The van der Waals surface area contributed by atoms with E-state index < -0.39 is 11.5 Å². The van der Waals surface area contributed by atoms with Crippen LogP contribution in [0.1, 0.15) is 18.9 Å². The monoisotopic (exact) mass is 223 g/mol. The van der Waals surface area contributed by atoms with Crippen LogP contribution in [0.5, 0.6) is 0 Å².